The molecule has 0 spiro atoms. The highest BCUT2D eigenvalue weighted by Crippen LogP contribution is 2.23. The summed E-state index contributed by atoms with van der Waals surface area (Å²) in [7, 11) is 0. The van der Waals surface area contributed by atoms with E-state index in [1.807, 2.05) is 30.3 Å². The molecule has 5 heteroatoms. The first kappa shape index (κ1) is 13.7. The number of thioether (sulfide) groups is 1. The zero-order chi connectivity index (χ0) is 14.8. The molecule has 21 heavy (non-hydrogen) atoms. The Bertz CT molecular complexity index is 790. The summed E-state index contributed by atoms with van der Waals surface area (Å²) in [6.07, 6.45) is 0. The fourth-order valence-electron chi connectivity index (χ4n) is 2.10. The van der Waals surface area contributed by atoms with Crippen LogP contribution in [0, 0.1) is 12.3 Å². The van der Waals surface area contributed by atoms with Gasteiger partial charge < -0.3 is 10.7 Å². The molecule has 0 unspecified atom stereocenters. The smallest absolute Gasteiger partial charge is 0.166 e. The SMILES string of the molecule is Cc1ccc2nc(SCc3ccc(C(=N)N)cc3)[nH]c2c1. The van der Waals surface area contributed by atoms with Crippen molar-refractivity contribution in [3.8, 4) is 0 Å². The van der Waals surface area contributed by atoms with E-state index in [9.17, 15) is 0 Å². The maximum Gasteiger partial charge on any atom is 0.166 e. The number of imidazole rings is 1. The number of nitrogen functional groups attached to an aromatic ring is 1. The van der Waals surface area contributed by atoms with Crippen LogP contribution in [0.4, 0.5) is 0 Å². The van der Waals surface area contributed by atoms with E-state index in [4.69, 9.17) is 11.1 Å². The van der Waals surface area contributed by atoms with Gasteiger partial charge in [-0.2, -0.15) is 0 Å². The molecule has 0 amide bonds. The number of benzene rings is 2. The number of nitrogens with zero attached hydrogens (tertiary/aromatic N) is 1. The second-order valence-corrected chi connectivity index (χ2v) is 5.93. The number of fused-ring (bicyclic) bond motifs is 1. The van der Waals surface area contributed by atoms with Gasteiger partial charge in [0.25, 0.3) is 0 Å². The first-order chi connectivity index (χ1) is 10.1. The molecule has 0 atom stereocenters. The highest BCUT2D eigenvalue weighted by molar-refractivity contribution is 7.98. The van der Waals surface area contributed by atoms with E-state index in [-0.39, 0.29) is 5.84 Å². The molecule has 0 bridgehead atoms. The summed E-state index contributed by atoms with van der Waals surface area (Å²) in [5, 5.41) is 8.30. The van der Waals surface area contributed by atoms with Gasteiger partial charge in [-0.15, -0.1) is 0 Å². The van der Waals surface area contributed by atoms with Gasteiger partial charge in [0, 0.05) is 11.3 Å². The van der Waals surface area contributed by atoms with Gasteiger partial charge in [0.05, 0.1) is 11.0 Å². The Morgan fingerprint density at radius 1 is 1.24 bits per heavy atom. The lowest BCUT2D eigenvalue weighted by molar-refractivity contribution is 1.08. The van der Waals surface area contributed by atoms with E-state index in [1.165, 1.54) is 11.1 Å². The van der Waals surface area contributed by atoms with Crippen LogP contribution in [0.2, 0.25) is 0 Å². The van der Waals surface area contributed by atoms with Gasteiger partial charge in [-0.05, 0) is 30.2 Å². The predicted molar refractivity (Wildman–Crippen MR) is 87.8 cm³/mol. The molecule has 3 rings (SSSR count). The molecule has 2 aromatic carbocycles. The third kappa shape index (κ3) is 3.08. The van der Waals surface area contributed by atoms with Crippen LogP contribution in [0.1, 0.15) is 16.7 Å². The lowest BCUT2D eigenvalue weighted by atomic mass is 10.1. The number of rotatable bonds is 4. The second kappa shape index (κ2) is 5.61. The zero-order valence-electron chi connectivity index (χ0n) is 11.7. The van der Waals surface area contributed by atoms with Crippen molar-refractivity contribution < 1.29 is 0 Å². The van der Waals surface area contributed by atoms with Crippen molar-refractivity contribution in [2.75, 3.05) is 0 Å². The molecule has 0 saturated heterocycles. The molecule has 4 nitrogen and oxygen atoms in total. The molecule has 0 aliphatic carbocycles. The summed E-state index contributed by atoms with van der Waals surface area (Å²) in [4.78, 5) is 7.90. The van der Waals surface area contributed by atoms with Crippen LogP contribution in [0.15, 0.2) is 47.6 Å². The Morgan fingerprint density at radius 3 is 2.71 bits per heavy atom. The summed E-state index contributed by atoms with van der Waals surface area (Å²) in [6, 6.07) is 14.0. The van der Waals surface area contributed by atoms with E-state index >= 15 is 0 Å². The predicted octanol–water partition coefficient (Wildman–Crippen LogP) is 3.45. The molecule has 0 aliphatic rings. The van der Waals surface area contributed by atoms with Crippen molar-refractivity contribution in [3.05, 3.63) is 59.2 Å². The average molecular weight is 296 g/mol. The van der Waals surface area contributed by atoms with Gasteiger partial charge in [-0.25, -0.2) is 4.98 Å². The first-order valence-electron chi connectivity index (χ1n) is 6.64. The fraction of sp³-hybridized carbons (Fsp3) is 0.125. The summed E-state index contributed by atoms with van der Waals surface area (Å²) >= 11 is 1.67. The van der Waals surface area contributed by atoms with Crippen LogP contribution in [-0.2, 0) is 5.75 Å². The van der Waals surface area contributed by atoms with Crippen molar-refractivity contribution in [1.82, 2.24) is 9.97 Å². The number of hydrogen-bond donors (Lipinski definition) is 3. The number of nitrogens with one attached hydrogen (secondary N) is 2. The van der Waals surface area contributed by atoms with Gasteiger partial charge in [-0.3, -0.25) is 5.41 Å². The fourth-order valence-corrected chi connectivity index (χ4v) is 2.94. The van der Waals surface area contributed by atoms with Crippen LogP contribution in [-0.4, -0.2) is 15.8 Å². The number of hydrogen-bond acceptors (Lipinski definition) is 3. The Morgan fingerprint density at radius 2 is 2.00 bits per heavy atom. The summed E-state index contributed by atoms with van der Waals surface area (Å²) in [6.45, 7) is 2.07. The zero-order valence-corrected chi connectivity index (χ0v) is 12.5. The molecule has 3 aromatic rings. The van der Waals surface area contributed by atoms with E-state index in [0.29, 0.717) is 0 Å². The molecule has 0 saturated carbocycles. The average Bonchev–Trinajstić information content (AvgIpc) is 2.87. The van der Waals surface area contributed by atoms with Crippen molar-refractivity contribution in [2.24, 2.45) is 5.73 Å². The maximum absolute atomic E-state index is 7.38. The van der Waals surface area contributed by atoms with E-state index in [0.717, 1.165) is 27.5 Å². The minimum Gasteiger partial charge on any atom is -0.384 e. The maximum atomic E-state index is 7.38. The largest absolute Gasteiger partial charge is 0.384 e. The highest BCUT2D eigenvalue weighted by Gasteiger charge is 2.04. The van der Waals surface area contributed by atoms with Crippen molar-refractivity contribution in [1.29, 1.82) is 5.41 Å². The van der Waals surface area contributed by atoms with Gasteiger partial charge in [0.15, 0.2) is 5.16 Å². The molecule has 4 N–H and O–H groups in total. The molecule has 106 valence electrons. The van der Waals surface area contributed by atoms with Crippen LogP contribution in [0.5, 0.6) is 0 Å². The van der Waals surface area contributed by atoms with Crippen LogP contribution in [0.3, 0.4) is 0 Å². The number of amidine groups is 1. The molecule has 1 aromatic heterocycles. The van der Waals surface area contributed by atoms with Gasteiger partial charge in [-0.1, -0.05) is 42.1 Å². The molecule has 1 heterocycles. The summed E-state index contributed by atoms with van der Waals surface area (Å²) in [5.41, 5.74) is 10.7. The quantitative estimate of drug-likeness (QED) is 0.392. The monoisotopic (exact) mass is 296 g/mol. The van der Waals surface area contributed by atoms with Crippen molar-refractivity contribution >= 4 is 28.6 Å². The summed E-state index contributed by atoms with van der Waals surface area (Å²) < 4.78 is 0. The lowest BCUT2D eigenvalue weighted by Crippen LogP contribution is -2.10. The summed E-state index contributed by atoms with van der Waals surface area (Å²) in [5.74, 6) is 0.929. The Kier molecular flexibility index (Phi) is 3.66. The van der Waals surface area contributed by atoms with Crippen LogP contribution >= 0.6 is 11.8 Å². The number of aromatic nitrogens is 2. The third-order valence-electron chi connectivity index (χ3n) is 3.26. The van der Waals surface area contributed by atoms with Crippen molar-refractivity contribution in [2.45, 2.75) is 17.8 Å². The minimum atomic E-state index is 0.0989. The highest BCUT2D eigenvalue weighted by atomic mass is 32.2. The number of aromatic amines is 1. The topological polar surface area (TPSA) is 78.6 Å². The normalized spacial score (nSPS) is 10.9. The van der Waals surface area contributed by atoms with E-state index in [2.05, 4.69) is 29.0 Å². The molecular weight excluding hydrogens is 280 g/mol. The Hall–Kier alpha value is -2.27. The second-order valence-electron chi connectivity index (χ2n) is 4.96. The number of aryl methyl sites for hydroxylation is 1. The lowest BCUT2D eigenvalue weighted by Gasteiger charge is -2.01. The van der Waals surface area contributed by atoms with E-state index < -0.39 is 0 Å². The first-order valence-corrected chi connectivity index (χ1v) is 7.63. The number of nitrogens with two attached hydrogens (primary N) is 1. The molecule has 0 radical (unpaired) electrons. The molecule has 0 fully saturated rings. The minimum absolute atomic E-state index is 0.0989. The van der Waals surface area contributed by atoms with Gasteiger partial charge in [0.1, 0.15) is 5.84 Å². The third-order valence-corrected chi connectivity index (χ3v) is 4.20. The van der Waals surface area contributed by atoms with Crippen molar-refractivity contribution in [3.63, 3.8) is 0 Å². The standard InChI is InChI=1S/C16H16N4S/c1-10-2-7-13-14(8-10)20-16(19-13)21-9-11-3-5-12(6-4-11)15(17)18/h2-8H,9H2,1H3,(H3,17,18)(H,19,20). The van der Waals surface area contributed by atoms with Crippen LogP contribution < -0.4 is 5.73 Å². The Balaban J connectivity index is 1.72. The van der Waals surface area contributed by atoms with Crippen LogP contribution in [0.25, 0.3) is 11.0 Å². The van der Waals surface area contributed by atoms with E-state index in [1.54, 1.807) is 11.8 Å². The number of H-pyrrole nitrogens is 1. The van der Waals surface area contributed by atoms with Gasteiger partial charge >= 0.3 is 0 Å². The Labute approximate surface area is 127 Å². The molecular formula is C16H16N4S. The molecule has 0 aliphatic heterocycles. The van der Waals surface area contributed by atoms with Gasteiger partial charge in [0.2, 0.25) is 0 Å².